The van der Waals surface area contributed by atoms with Gasteiger partial charge in [-0.15, -0.1) is 4.26 Å². The van der Waals surface area contributed by atoms with Gasteiger partial charge in [-0.1, -0.05) is 18.2 Å². The van der Waals surface area contributed by atoms with E-state index in [1.165, 1.54) is 0 Å². The van der Waals surface area contributed by atoms with Gasteiger partial charge in [0.1, 0.15) is 13.6 Å². The zero-order valence-corrected chi connectivity index (χ0v) is 15.1. The maximum absolute atomic E-state index is 6.28. The zero-order chi connectivity index (χ0) is 17.1. The summed E-state index contributed by atoms with van der Waals surface area (Å²) in [5.74, 6) is -0.811. The molecular weight excluding hydrogens is 355 g/mol. The molecule has 1 aromatic carbocycles. The van der Waals surface area contributed by atoms with E-state index < -0.39 is 25.1 Å². The van der Waals surface area contributed by atoms with Crippen molar-refractivity contribution in [2.75, 3.05) is 0 Å². The summed E-state index contributed by atoms with van der Waals surface area (Å²) in [6.45, 7) is 0. The minimum absolute atomic E-state index is 0.0524. The summed E-state index contributed by atoms with van der Waals surface area (Å²) in [5.41, 5.74) is 35.5. The second-order valence-corrected chi connectivity index (χ2v) is 9.73. The molecule has 128 valence electrons. The van der Waals surface area contributed by atoms with Crippen molar-refractivity contribution in [3.8, 4) is 5.75 Å². The molecule has 23 heavy (non-hydrogen) atoms. The third-order valence-electron chi connectivity index (χ3n) is 2.96. The molecule has 0 radical (unpaired) electrons. The molecule has 10 nitrogen and oxygen atoms in total. The Morgan fingerprint density at radius 2 is 1.91 bits per heavy atom. The van der Waals surface area contributed by atoms with Crippen LogP contribution in [0.3, 0.4) is 0 Å². The van der Waals surface area contributed by atoms with Crippen LogP contribution in [0.5, 0.6) is 5.75 Å². The molecule has 0 amide bonds. The zero-order valence-electron chi connectivity index (χ0n) is 12.3. The van der Waals surface area contributed by atoms with Gasteiger partial charge in [-0.2, -0.15) is 4.51 Å². The van der Waals surface area contributed by atoms with Gasteiger partial charge in [0.25, 0.3) is 0 Å². The van der Waals surface area contributed by atoms with Crippen molar-refractivity contribution in [1.82, 2.24) is 13.3 Å². The van der Waals surface area contributed by atoms with Gasteiger partial charge in [-0.3, -0.25) is 0 Å². The van der Waals surface area contributed by atoms with Crippen molar-refractivity contribution in [3.05, 3.63) is 30.3 Å². The molecule has 13 heteroatoms. The van der Waals surface area contributed by atoms with Crippen LogP contribution in [-0.4, -0.2) is 25.1 Å². The van der Waals surface area contributed by atoms with E-state index in [1.54, 1.807) is 4.26 Å². The van der Waals surface area contributed by atoms with Crippen molar-refractivity contribution < 1.29 is 4.84 Å². The first-order chi connectivity index (χ1) is 10.7. The summed E-state index contributed by atoms with van der Waals surface area (Å²) < 4.78 is 8.97. The lowest BCUT2D eigenvalue weighted by atomic mass is 10.1. The summed E-state index contributed by atoms with van der Waals surface area (Å²) in [6.07, 6.45) is 0.0524. The van der Waals surface area contributed by atoms with Crippen LogP contribution in [0.25, 0.3) is 0 Å². The second-order valence-electron chi connectivity index (χ2n) is 5.19. The summed E-state index contributed by atoms with van der Waals surface area (Å²) in [5, 5.41) is -1.33. The Bertz CT molecular complexity index is 652. The fourth-order valence-electron chi connectivity index (χ4n) is 1.79. The molecular formula is C10H22N9OP3. The normalized spacial score (nSPS) is 15.1. The van der Waals surface area contributed by atoms with Crippen molar-refractivity contribution in [2.24, 2.45) is 34.4 Å². The average molecular weight is 377 g/mol. The van der Waals surface area contributed by atoms with E-state index in [0.29, 0.717) is 14.3 Å². The maximum atomic E-state index is 6.28. The molecule has 0 aliphatic heterocycles. The van der Waals surface area contributed by atoms with Gasteiger partial charge < -0.3 is 43.7 Å². The Morgan fingerprint density at radius 1 is 1.26 bits per heavy atom. The van der Waals surface area contributed by atoms with Gasteiger partial charge in [0.15, 0.2) is 19.7 Å². The summed E-state index contributed by atoms with van der Waals surface area (Å²) in [7, 11) is -0.624. The van der Waals surface area contributed by atoms with E-state index in [-0.39, 0.29) is 14.9 Å². The summed E-state index contributed by atoms with van der Waals surface area (Å²) in [6, 6.07) is 8.52. The van der Waals surface area contributed by atoms with Gasteiger partial charge in [0, 0.05) is 14.9 Å². The number of nitrogens with zero attached hydrogens (tertiary/aromatic N) is 2. The highest BCUT2D eigenvalue weighted by atomic mass is 31.2. The summed E-state index contributed by atoms with van der Waals surface area (Å²) >= 11 is 0. The Balaban J connectivity index is 2.31. The first-order valence-corrected chi connectivity index (χ1v) is 9.69. The van der Waals surface area contributed by atoms with E-state index in [2.05, 4.69) is 9.02 Å². The molecule has 0 saturated heterocycles. The number of hydrogen-bond donors (Lipinski definition) is 7. The highest BCUT2D eigenvalue weighted by Gasteiger charge is 2.37. The fraction of sp³-hybridized carbons (Fsp3) is 0.400. The quantitative estimate of drug-likeness (QED) is 0.328. The number of H-pyrrole nitrogens is 1. The fourth-order valence-corrected chi connectivity index (χ4v) is 6.91. The smallest absolute Gasteiger partial charge is 0.182 e. The minimum atomic E-state index is -1.45. The van der Waals surface area contributed by atoms with Gasteiger partial charge in [0.2, 0.25) is 0 Å². The van der Waals surface area contributed by atoms with Gasteiger partial charge in [-0.05, 0) is 12.1 Å². The Morgan fingerprint density at radius 3 is 2.52 bits per heavy atom. The number of para-hydroxylation sites is 1. The molecule has 13 N–H and O–H groups in total. The Hall–Kier alpha value is -0.920. The van der Waals surface area contributed by atoms with Crippen LogP contribution >= 0.6 is 24.9 Å². The molecule has 1 heterocycles. The van der Waals surface area contributed by atoms with Crippen LogP contribution < -0.4 is 39.2 Å². The van der Waals surface area contributed by atoms with Gasteiger partial charge >= 0.3 is 0 Å². The number of aromatic nitrogens is 3. The molecule has 0 spiro atoms. The lowest BCUT2D eigenvalue weighted by Gasteiger charge is -2.35. The van der Waals surface area contributed by atoms with Gasteiger partial charge in [-0.25, -0.2) is 0 Å². The van der Waals surface area contributed by atoms with Crippen LogP contribution in [0.4, 0.5) is 0 Å². The van der Waals surface area contributed by atoms with Crippen molar-refractivity contribution in [2.45, 2.75) is 23.7 Å². The number of hydrogen-bond acceptors (Lipinski definition) is 8. The molecule has 3 atom stereocenters. The minimum Gasteiger partial charge on any atom is -0.366 e. The number of rotatable bonds is 6. The second kappa shape index (κ2) is 7.32. The van der Waals surface area contributed by atoms with Gasteiger partial charge in [0.05, 0.1) is 6.04 Å². The predicted molar refractivity (Wildman–Crippen MR) is 95.6 cm³/mol. The molecule has 0 saturated carbocycles. The molecule has 0 aliphatic rings. The van der Waals surface area contributed by atoms with Crippen LogP contribution in [0.2, 0.25) is 0 Å². The van der Waals surface area contributed by atoms with Crippen LogP contribution in [0.15, 0.2) is 30.3 Å². The van der Waals surface area contributed by atoms with Crippen LogP contribution in [0.1, 0.15) is 6.42 Å². The lowest BCUT2D eigenvalue weighted by Crippen LogP contribution is -2.66. The first kappa shape index (κ1) is 18.4. The van der Waals surface area contributed by atoms with E-state index in [4.69, 9.17) is 39.2 Å². The number of nitrogens with two attached hydrogens (primary N) is 6. The standard InChI is InChI=1S/C10H22N9OP3/c11-8(6-9(12,13)14)10(15,16)23-18-21-17-22-19(23)20-7-4-2-1-3-5-7/h1-5,8,18,21H,6,11-16H2. The Labute approximate surface area is 137 Å². The highest BCUT2D eigenvalue weighted by Crippen LogP contribution is 2.39. The first-order valence-electron chi connectivity index (χ1n) is 6.65. The highest BCUT2D eigenvalue weighted by molar-refractivity contribution is 7.54. The van der Waals surface area contributed by atoms with Crippen molar-refractivity contribution >= 4 is 24.9 Å². The number of nitrogens with one attached hydrogen (secondary N) is 1. The van der Waals surface area contributed by atoms with E-state index in [0.717, 1.165) is 0 Å². The van der Waals surface area contributed by atoms with Crippen LogP contribution in [-0.2, 0) is 5.40 Å². The molecule has 1 aromatic heterocycles. The third kappa shape index (κ3) is 5.02. The molecule has 0 aliphatic carbocycles. The molecule has 0 bridgehead atoms. The van der Waals surface area contributed by atoms with Crippen LogP contribution in [0, 0.1) is 0 Å². The maximum Gasteiger partial charge on any atom is 0.182 e. The Kier molecular flexibility index (Phi) is 5.86. The van der Waals surface area contributed by atoms with Crippen molar-refractivity contribution in [3.63, 3.8) is 0 Å². The summed E-state index contributed by atoms with van der Waals surface area (Å²) in [4.78, 5) is 5.82. The largest absolute Gasteiger partial charge is 0.366 e. The predicted octanol–water partition coefficient (Wildman–Crippen LogP) is -0.449. The molecule has 2 aromatic rings. The topological polar surface area (TPSA) is 199 Å². The molecule has 3 unspecified atom stereocenters. The van der Waals surface area contributed by atoms with E-state index >= 15 is 0 Å². The third-order valence-corrected chi connectivity index (χ3v) is 7.47. The van der Waals surface area contributed by atoms with Crippen molar-refractivity contribution in [1.29, 1.82) is 0 Å². The SMILES string of the molecule is NC(CC(N)(N)N)C(N)(N)p1[nH][pH]npn1Oc1ccccc1. The lowest BCUT2D eigenvalue weighted by molar-refractivity contribution is 0.262. The monoisotopic (exact) mass is 377 g/mol. The number of aromatic amines is 1. The number of benzene rings is 1. The van der Waals surface area contributed by atoms with E-state index in [9.17, 15) is 0 Å². The van der Waals surface area contributed by atoms with E-state index in [1.807, 2.05) is 30.3 Å². The molecule has 2 rings (SSSR count). The molecule has 0 fully saturated rings. The average Bonchev–Trinajstić information content (AvgIpc) is 2.47.